The van der Waals surface area contributed by atoms with E-state index in [-0.39, 0.29) is 17.2 Å². The third kappa shape index (κ3) is 2.56. The van der Waals surface area contributed by atoms with E-state index in [1.165, 1.54) is 11.0 Å². The molecular formula is C17H18F3NO3. The Morgan fingerprint density at radius 3 is 2.71 bits per heavy atom. The first kappa shape index (κ1) is 16.8. The molecule has 7 heteroatoms. The first-order chi connectivity index (χ1) is 11.2. The Labute approximate surface area is 137 Å². The Kier molecular flexibility index (Phi) is 3.85. The number of fused-ring (bicyclic) bond motifs is 2. The number of rotatable bonds is 3. The summed E-state index contributed by atoms with van der Waals surface area (Å²) in [5, 5.41) is 0. The predicted molar refractivity (Wildman–Crippen MR) is 79.5 cm³/mol. The molecule has 0 spiro atoms. The third-order valence-corrected chi connectivity index (χ3v) is 5.19. The fourth-order valence-corrected chi connectivity index (χ4v) is 3.52. The van der Waals surface area contributed by atoms with E-state index in [0.29, 0.717) is 19.4 Å². The molecule has 4 nitrogen and oxygen atoms in total. The highest BCUT2D eigenvalue weighted by Gasteiger charge is 2.51. The summed E-state index contributed by atoms with van der Waals surface area (Å²) < 4.78 is 44.4. The lowest BCUT2D eigenvalue weighted by Gasteiger charge is -2.32. The summed E-state index contributed by atoms with van der Waals surface area (Å²) in [5.41, 5.74) is -1.36. The first-order valence-corrected chi connectivity index (χ1v) is 7.80. The number of hydrogen-bond donors (Lipinski definition) is 0. The summed E-state index contributed by atoms with van der Waals surface area (Å²) in [6, 6.07) is 2.95. The zero-order valence-corrected chi connectivity index (χ0v) is 13.4. The summed E-state index contributed by atoms with van der Waals surface area (Å²) in [7, 11) is 0. The van der Waals surface area contributed by atoms with Crippen LogP contribution in [0, 0.1) is 11.3 Å². The van der Waals surface area contributed by atoms with Crippen molar-refractivity contribution in [2.45, 2.75) is 39.1 Å². The molecule has 0 radical (unpaired) electrons. The molecule has 1 saturated heterocycles. The molecule has 0 saturated carbocycles. The van der Waals surface area contributed by atoms with Gasteiger partial charge in [-0.15, -0.1) is 0 Å². The SMILES string of the molecule is CC(C)C1(CC=O)CC2Oc3ccc(C(F)(F)F)cc3C(=O)N2C1. The molecule has 1 aromatic carbocycles. The number of nitrogens with zero attached hydrogens (tertiary/aromatic N) is 1. The van der Waals surface area contributed by atoms with Crippen molar-refractivity contribution >= 4 is 12.2 Å². The Bertz CT molecular complexity index is 686. The molecule has 2 heterocycles. The second-order valence-corrected chi connectivity index (χ2v) is 6.81. The maximum atomic E-state index is 12.9. The molecule has 1 fully saturated rings. The second kappa shape index (κ2) is 5.50. The lowest BCUT2D eigenvalue weighted by Crippen LogP contribution is -2.43. The topological polar surface area (TPSA) is 46.6 Å². The van der Waals surface area contributed by atoms with Crippen molar-refractivity contribution in [3.63, 3.8) is 0 Å². The van der Waals surface area contributed by atoms with Crippen molar-refractivity contribution in [3.8, 4) is 5.75 Å². The van der Waals surface area contributed by atoms with Crippen molar-refractivity contribution in [2.24, 2.45) is 11.3 Å². The molecule has 0 aliphatic carbocycles. The second-order valence-electron chi connectivity index (χ2n) is 6.81. The average Bonchev–Trinajstić information content (AvgIpc) is 2.86. The van der Waals surface area contributed by atoms with Gasteiger partial charge in [-0.2, -0.15) is 13.2 Å². The van der Waals surface area contributed by atoms with Crippen LogP contribution in [0.5, 0.6) is 5.75 Å². The molecule has 0 N–H and O–H groups in total. The lowest BCUT2D eigenvalue weighted by molar-refractivity contribution is -0.137. The molecular weight excluding hydrogens is 323 g/mol. The Morgan fingerprint density at radius 1 is 1.42 bits per heavy atom. The van der Waals surface area contributed by atoms with Gasteiger partial charge in [0.05, 0.1) is 11.1 Å². The van der Waals surface area contributed by atoms with Gasteiger partial charge in [-0.3, -0.25) is 4.79 Å². The van der Waals surface area contributed by atoms with Crippen LogP contribution in [0.4, 0.5) is 13.2 Å². The monoisotopic (exact) mass is 341 g/mol. The van der Waals surface area contributed by atoms with Crippen LogP contribution in [0.3, 0.4) is 0 Å². The van der Waals surface area contributed by atoms with Gasteiger partial charge in [-0.1, -0.05) is 13.8 Å². The lowest BCUT2D eigenvalue weighted by atomic mass is 9.74. The van der Waals surface area contributed by atoms with Crippen molar-refractivity contribution in [1.82, 2.24) is 4.90 Å². The zero-order chi connectivity index (χ0) is 17.7. The van der Waals surface area contributed by atoms with Gasteiger partial charge >= 0.3 is 6.18 Å². The molecule has 24 heavy (non-hydrogen) atoms. The number of carbonyl (C=O) groups is 2. The highest BCUT2D eigenvalue weighted by molar-refractivity contribution is 5.98. The standard InChI is InChI=1S/C17H18F3NO3/c1-10(2)16(5-6-22)8-14-21(9-16)15(23)12-7-11(17(18,19)20)3-4-13(12)24-14/h3-4,6-7,10,14H,5,8-9H2,1-2H3. The highest BCUT2D eigenvalue weighted by Crippen LogP contribution is 2.47. The summed E-state index contributed by atoms with van der Waals surface area (Å²) in [6.45, 7) is 4.26. The van der Waals surface area contributed by atoms with E-state index < -0.39 is 29.3 Å². The van der Waals surface area contributed by atoms with E-state index in [2.05, 4.69) is 0 Å². The van der Waals surface area contributed by atoms with E-state index in [1.807, 2.05) is 13.8 Å². The number of benzene rings is 1. The van der Waals surface area contributed by atoms with E-state index in [1.54, 1.807) is 0 Å². The summed E-state index contributed by atoms with van der Waals surface area (Å²) in [4.78, 5) is 25.2. The smallest absolute Gasteiger partial charge is 0.416 e. The van der Waals surface area contributed by atoms with Gasteiger partial charge in [0.15, 0.2) is 6.23 Å². The van der Waals surface area contributed by atoms with Gasteiger partial charge < -0.3 is 14.4 Å². The fourth-order valence-electron chi connectivity index (χ4n) is 3.52. The minimum atomic E-state index is -4.52. The maximum Gasteiger partial charge on any atom is 0.416 e. The van der Waals surface area contributed by atoms with Crippen LogP contribution in [-0.4, -0.2) is 29.9 Å². The summed E-state index contributed by atoms with van der Waals surface area (Å²) in [5.74, 6) is -0.167. The Hall–Kier alpha value is -2.05. The normalized spacial score (nSPS) is 26.2. The Morgan fingerprint density at radius 2 is 2.12 bits per heavy atom. The summed E-state index contributed by atoms with van der Waals surface area (Å²) >= 11 is 0. The largest absolute Gasteiger partial charge is 0.470 e. The van der Waals surface area contributed by atoms with Gasteiger partial charge in [0, 0.05) is 24.8 Å². The summed E-state index contributed by atoms with van der Waals surface area (Å²) in [6.07, 6.45) is -3.44. The van der Waals surface area contributed by atoms with Crippen LogP contribution in [0.1, 0.15) is 42.6 Å². The highest BCUT2D eigenvalue weighted by atomic mass is 19.4. The van der Waals surface area contributed by atoms with Crippen LogP contribution in [-0.2, 0) is 11.0 Å². The third-order valence-electron chi connectivity index (χ3n) is 5.19. The number of ether oxygens (including phenoxy) is 1. The van der Waals surface area contributed by atoms with E-state index in [0.717, 1.165) is 18.4 Å². The van der Waals surface area contributed by atoms with Crippen LogP contribution in [0.2, 0.25) is 0 Å². The van der Waals surface area contributed by atoms with Gasteiger partial charge in [-0.05, 0) is 24.1 Å². The molecule has 2 atom stereocenters. The van der Waals surface area contributed by atoms with E-state index in [4.69, 9.17) is 4.74 Å². The molecule has 0 bridgehead atoms. The molecule has 1 aromatic rings. The molecule has 1 amide bonds. The molecule has 2 unspecified atom stereocenters. The quantitative estimate of drug-likeness (QED) is 0.791. The van der Waals surface area contributed by atoms with Gasteiger partial charge in [0.25, 0.3) is 5.91 Å². The minimum absolute atomic E-state index is 0.0771. The average molecular weight is 341 g/mol. The van der Waals surface area contributed by atoms with Crippen LogP contribution in [0.25, 0.3) is 0 Å². The van der Waals surface area contributed by atoms with Gasteiger partial charge in [0.2, 0.25) is 0 Å². The number of hydrogen-bond acceptors (Lipinski definition) is 3. The zero-order valence-electron chi connectivity index (χ0n) is 13.4. The van der Waals surface area contributed by atoms with E-state index >= 15 is 0 Å². The molecule has 3 rings (SSSR count). The molecule has 130 valence electrons. The van der Waals surface area contributed by atoms with Crippen LogP contribution in [0.15, 0.2) is 18.2 Å². The molecule has 2 aliphatic rings. The van der Waals surface area contributed by atoms with Crippen molar-refractivity contribution in [2.75, 3.05) is 6.54 Å². The number of aldehydes is 1. The number of carbonyl (C=O) groups excluding carboxylic acids is 2. The van der Waals surface area contributed by atoms with Gasteiger partial charge in [0.1, 0.15) is 12.0 Å². The molecule has 2 aliphatic heterocycles. The van der Waals surface area contributed by atoms with Crippen molar-refractivity contribution in [3.05, 3.63) is 29.3 Å². The number of amides is 1. The fraction of sp³-hybridized carbons (Fsp3) is 0.529. The minimum Gasteiger partial charge on any atom is -0.470 e. The Balaban J connectivity index is 1.96. The maximum absolute atomic E-state index is 12.9. The van der Waals surface area contributed by atoms with E-state index in [9.17, 15) is 22.8 Å². The number of alkyl halides is 3. The van der Waals surface area contributed by atoms with Crippen LogP contribution < -0.4 is 4.74 Å². The number of halogens is 3. The van der Waals surface area contributed by atoms with Gasteiger partial charge in [-0.25, -0.2) is 0 Å². The molecule has 0 aromatic heterocycles. The predicted octanol–water partition coefficient (Wildman–Crippen LogP) is 3.50. The first-order valence-electron chi connectivity index (χ1n) is 7.80. The van der Waals surface area contributed by atoms with Crippen molar-refractivity contribution < 1.29 is 27.5 Å². The van der Waals surface area contributed by atoms with Crippen LogP contribution >= 0.6 is 0 Å². The van der Waals surface area contributed by atoms with Crippen molar-refractivity contribution in [1.29, 1.82) is 0 Å².